The monoisotopic (exact) mass is 446 g/mol. The lowest BCUT2D eigenvalue weighted by atomic mass is 9.91. The summed E-state index contributed by atoms with van der Waals surface area (Å²) in [5.74, 6) is -0.245. The Hall–Kier alpha value is -2.05. The van der Waals surface area contributed by atoms with Crippen LogP contribution in [0.5, 0.6) is 5.75 Å². The Labute approximate surface area is 175 Å². The van der Waals surface area contributed by atoms with Crippen LogP contribution in [0.4, 0.5) is 5.69 Å². The standard InChI is InChI=1S/C22H27BrN2O3/c1-24(2)18-9-6-15(7-10-18)21(19-13-17(23)8-11-20(19)28-3)25-12-4-5-16(14-25)22(26)27/h6-11,13,16,21H,4-5,12,14H2,1-3H3,(H,26,27). The number of aliphatic carboxylic acids is 1. The molecule has 150 valence electrons. The summed E-state index contributed by atoms with van der Waals surface area (Å²) in [6.07, 6.45) is 1.60. The molecule has 0 aliphatic carbocycles. The molecule has 3 rings (SSSR count). The largest absolute Gasteiger partial charge is 0.496 e. The van der Waals surface area contributed by atoms with Crippen molar-refractivity contribution in [2.24, 2.45) is 5.92 Å². The highest BCUT2D eigenvalue weighted by molar-refractivity contribution is 9.10. The number of anilines is 1. The molecule has 1 aliphatic rings. The first kappa shape index (κ1) is 20.7. The number of halogens is 1. The van der Waals surface area contributed by atoms with E-state index in [-0.39, 0.29) is 12.0 Å². The maximum atomic E-state index is 11.6. The summed E-state index contributed by atoms with van der Waals surface area (Å²) in [7, 11) is 5.72. The van der Waals surface area contributed by atoms with Crippen molar-refractivity contribution in [3.63, 3.8) is 0 Å². The van der Waals surface area contributed by atoms with Gasteiger partial charge in [-0.25, -0.2) is 0 Å². The zero-order valence-corrected chi connectivity index (χ0v) is 18.1. The predicted octanol–water partition coefficient (Wildman–Crippen LogP) is 4.41. The zero-order valence-electron chi connectivity index (χ0n) is 16.6. The van der Waals surface area contributed by atoms with E-state index < -0.39 is 5.97 Å². The van der Waals surface area contributed by atoms with Crippen molar-refractivity contribution in [3.8, 4) is 5.75 Å². The molecule has 5 nitrogen and oxygen atoms in total. The summed E-state index contributed by atoms with van der Waals surface area (Å²) in [4.78, 5) is 16.0. The van der Waals surface area contributed by atoms with Crippen molar-refractivity contribution >= 4 is 27.6 Å². The fraction of sp³-hybridized carbons (Fsp3) is 0.409. The van der Waals surface area contributed by atoms with Crippen molar-refractivity contribution in [2.75, 3.05) is 39.2 Å². The highest BCUT2D eigenvalue weighted by Crippen LogP contribution is 2.39. The van der Waals surface area contributed by atoms with E-state index in [4.69, 9.17) is 4.74 Å². The number of carbonyl (C=O) groups is 1. The summed E-state index contributed by atoms with van der Waals surface area (Å²) in [5.41, 5.74) is 3.30. The van der Waals surface area contributed by atoms with Gasteiger partial charge in [0.15, 0.2) is 0 Å². The molecule has 1 N–H and O–H groups in total. The van der Waals surface area contributed by atoms with Gasteiger partial charge in [0.25, 0.3) is 0 Å². The number of nitrogens with zero attached hydrogens (tertiary/aromatic N) is 2. The van der Waals surface area contributed by atoms with E-state index >= 15 is 0 Å². The normalized spacial score (nSPS) is 18.5. The average molecular weight is 447 g/mol. The third kappa shape index (κ3) is 4.50. The number of rotatable bonds is 6. The lowest BCUT2D eigenvalue weighted by molar-refractivity contribution is -0.143. The molecule has 28 heavy (non-hydrogen) atoms. The minimum absolute atomic E-state index is 0.0641. The Morgan fingerprint density at radius 3 is 2.57 bits per heavy atom. The molecular weight excluding hydrogens is 420 g/mol. The third-order valence-electron chi connectivity index (χ3n) is 5.38. The minimum Gasteiger partial charge on any atom is -0.496 e. The van der Waals surface area contributed by atoms with Gasteiger partial charge in [-0.15, -0.1) is 0 Å². The average Bonchev–Trinajstić information content (AvgIpc) is 2.69. The molecule has 0 saturated carbocycles. The van der Waals surface area contributed by atoms with Crippen LogP contribution >= 0.6 is 15.9 Å². The first-order chi connectivity index (χ1) is 13.4. The fourth-order valence-corrected chi connectivity index (χ4v) is 4.28. The molecule has 2 unspecified atom stereocenters. The second kappa shape index (κ2) is 8.97. The summed E-state index contributed by atoms with van der Waals surface area (Å²) in [5, 5.41) is 9.56. The summed E-state index contributed by atoms with van der Waals surface area (Å²) >= 11 is 3.58. The van der Waals surface area contributed by atoms with E-state index in [9.17, 15) is 9.90 Å². The topological polar surface area (TPSA) is 53.0 Å². The Balaban J connectivity index is 2.06. The van der Waals surface area contributed by atoms with Gasteiger partial charge in [-0.2, -0.15) is 0 Å². The highest BCUT2D eigenvalue weighted by atomic mass is 79.9. The summed E-state index contributed by atoms with van der Waals surface area (Å²) in [6.45, 7) is 1.39. The van der Waals surface area contributed by atoms with Crippen molar-refractivity contribution < 1.29 is 14.6 Å². The lowest BCUT2D eigenvalue weighted by Crippen LogP contribution is -2.41. The van der Waals surface area contributed by atoms with E-state index in [0.29, 0.717) is 6.54 Å². The van der Waals surface area contributed by atoms with Crippen LogP contribution in [0.2, 0.25) is 0 Å². The van der Waals surface area contributed by atoms with Gasteiger partial charge >= 0.3 is 5.97 Å². The van der Waals surface area contributed by atoms with Crippen LogP contribution in [0.1, 0.15) is 30.0 Å². The molecular formula is C22H27BrN2O3. The van der Waals surface area contributed by atoms with Crippen LogP contribution in [0.15, 0.2) is 46.9 Å². The van der Waals surface area contributed by atoms with Gasteiger partial charge in [-0.1, -0.05) is 28.1 Å². The number of ether oxygens (including phenoxy) is 1. The molecule has 1 saturated heterocycles. The fourth-order valence-electron chi connectivity index (χ4n) is 3.90. The van der Waals surface area contributed by atoms with Crippen molar-refractivity contribution in [1.82, 2.24) is 4.90 Å². The Kier molecular flexibility index (Phi) is 6.62. The second-order valence-electron chi connectivity index (χ2n) is 7.45. The van der Waals surface area contributed by atoms with Crippen LogP contribution in [0, 0.1) is 5.92 Å². The molecule has 0 spiro atoms. The van der Waals surface area contributed by atoms with Crippen LogP contribution in [-0.4, -0.2) is 50.3 Å². The smallest absolute Gasteiger partial charge is 0.307 e. The van der Waals surface area contributed by atoms with Crippen molar-refractivity contribution in [2.45, 2.75) is 18.9 Å². The Morgan fingerprint density at radius 1 is 1.25 bits per heavy atom. The number of methoxy groups -OCH3 is 1. The molecule has 2 aromatic carbocycles. The van der Waals surface area contributed by atoms with E-state index in [1.165, 1.54) is 0 Å². The van der Waals surface area contributed by atoms with Crippen LogP contribution in [0.3, 0.4) is 0 Å². The molecule has 0 aromatic heterocycles. The summed E-state index contributed by atoms with van der Waals surface area (Å²) in [6, 6.07) is 14.4. The van der Waals surface area contributed by atoms with Gasteiger partial charge in [0, 0.05) is 36.4 Å². The minimum atomic E-state index is -0.715. The van der Waals surface area contributed by atoms with E-state index in [1.54, 1.807) is 7.11 Å². The number of hydrogen-bond donors (Lipinski definition) is 1. The van der Waals surface area contributed by atoms with E-state index in [0.717, 1.165) is 46.4 Å². The van der Waals surface area contributed by atoms with Crippen LogP contribution in [-0.2, 0) is 4.79 Å². The van der Waals surface area contributed by atoms with Gasteiger partial charge in [-0.3, -0.25) is 9.69 Å². The van der Waals surface area contributed by atoms with Gasteiger partial charge in [-0.05, 0) is 55.3 Å². The number of carboxylic acid groups (broad SMARTS) is 1. The molecule has 1 fully saturated rings. The Bertz CT molecular complexity index is 823. The highest BCUT2D eigenvalue weighted by Gasteiger charge is 2.32. The number of piperidine rings is 1. The molecule has 0 amide bonds. The third-order valence-corrected chi connectivity index (χ3v) is 5.87. The predicted molar refractivity (Wildman–Crippen MR) is 115 cm³/mol. The molecule has 0 radical (unpaired) electrons. The second-order valence-corrected chi connectivity index (χ2v) is 8.36. The first-order valence-electron chi connectivity index (χ1n) is 9.48. The quantitative estimate of drug-likeness (QED) is 0.711. The van der Waals surface area contributed by atoms with Crippen molar-refractivity contribution in [3.05, 3.63) is 58.1 Å². The number of hydrogen-bond acceptors (Lipinski definition) is 4. The number of likely N-dealkylation sites (tertiary alicyclic amines) is 1. The maximum absolute atomic E-state index is 11.6. The van der Waals surface area contributed by atoms with Crippen molar-refractivity contribution in [1.29, 1.82) is 0 Å². The maximum Gasteiger partial charge on any atom is 0.307 e. The van der Waals surface area contributed by atoms with Gasteiger partial charge in [0.05, 0.1) is 19.1 Å². The summed E-state index contributed by atoms with van der Waals surface area (Å²) < 4.78 is 6.63. The zero-order chi connectivity index (χ0) is 20.3. The van der Waals surface area contributed by atoms with Crippen LogP contribution in [0.25, 0.3) is 0 Å². The van der Waals surface area contributed by atoms with Gasteiger partial charge < -0.3 is 14.7 Å². The molecule has 0 bridgehead atoms. The SMILES string of the molecule is COc1ccc(Br)cc1C(c1ccc(N(C)C)cc1)N1CCCC(C(=O)O)C1. The van der Waals surface area contributed by atoms with Crippen LogP contribution < -0.4 is 9.64 Å². The molecule has 1 heterocycles. The van der Waals surface area contributed by atoms with Gasteiger partial charge in [0.1, 0.15) is 5.75 Å². The number of carboxylic acids is 1. The lowest BCUT2D eigenvalue weighted by Gasteiger charge is -2.38. The van der Waals surface area contributed by atoms with E-state index in [2.05, 4.69) is 56.1 Å². The Morgan fingerprint density at radius 2 is 1.96 bits per heavy atom. The molecule has 2 atom stereocenters. The molecule has 1 aliphatic heterocycles. The molecule has 2 aromatic rings. The first-order valence-corrected chi connectivity index (χ1v) is 10.3. The molecule has 6 heteroatoms. The van der Waals surface area contributed by atoms with Gasteiger partial charge in [0.2, 0.25) is 0 Å². The van der Waals surface area contributed by atoms with E-state index in [1.807, 2.05) is 26.2 Å². The number of benzene rings is 2.